The van der Waals surface area contributed by atoms with Crippen molar-refractivity contribution in [2.45, 2.75) is 81.3 Å². The van der Waals surface area contributed by atoms with E-state index < -0.39 is 23.8 Å². The number of aryl methyl sites for hydroxylation is 2. The summed E-state index contributed by atoms with van der Waals surface area (Å²) in [5.41, 5.74) is 12.6. The Kier molecular flexibility index (Phi) is 10.2. The molecule has 0 spiro atoms. The Bertz CT molecular complexity index is 1090. The zero-order chi connectivity index (χ0) is 26.6. The summed E-state index contributed by atoms with van der Waals surface area (Å²) >= 11 is -1.32. The molecule has 0 heterocycles. The number of allylic oxidation sites excluding steroid dienone is 8. The molecule has 2 heteroatoms. The van der Waals surface area contributed by atoms with Crippen LogP contribution in [-0.2, 0) is 30.0 Å². The standard InChI is InChI=1S/C14H14.2C9H13.C2H7Si.Ti/c1-3-7-13(8-4-1)11-12-14-9-5-2-6-10-14;2*1-6-5-7(2)9(4)8(6)3;1-3-2;/h1-10H,11-12H2;2*6H,1-4H3;3H,1-2H3;. The van der Waals surface area contributed by atoms with Crippen molar-refractivity contribution in [2.24, 2.45) is 11.8 Å². The molecule has 0 radical (unpaired) electrons. The first-order chi connectivity index (χ1) is 17.1. The van der Waals surface area contributed by atoms with Crippen molar-refractivity contribution < 1.29 is 17.1 Å². The fourth-order valence-electron chi connectivity index (χ4n) is 5.94. The van der Waals surface area contributed by atoms with Gasteiger partial charge in [0, 0.05) is 0 Å². The second-order valence-corrected chi connectivity index (χ2v) is 24.2. The van der Waals surface area contributed by atoms with Gasteiger partial charge in [0.15, 0.2) is 0 Å². The van der Waals surface area contributed by atoms with E-state index in [9.17, 15) is 0 Å². The minimum Gasteiger partial charge on any atom is -0.0622 e. The van der Waals surface area contributed by atoms with Crippen molar-refractivity contribution in [3.63, 3.8) is 0 Å². The first-order valence-corrected chi connectivity index (χ1v) is 20.9. The van der Waals surface area contributed by atoms with E-state index in [1.807, 2.05) is 7.76 Å². The van der Waals surface area contributed by atoms with Crippen molar-refractivity contribution in [2.75, 3.05) is 0 Å². The SMILES string of the molecule is CC1=C(C)C(C)[C]([Ti]([C]2=C(C)C(C)=C(C)C2C)[SiH](C)C)=C1C.c1ccc(CCc2ccccc2)cc1. The van der Waals surface area contributed by atoms with Gasteiger partial charge >= 0.3 is 145 Å². The Morgan fingerprint density at radius 3 is 1.14 bits per heavy atom. The molecule has 0 aromatic heterocycles. The van der Waals surface area contributed by atoms with Crippen LogP contribution in [0, 0.1) is 11.8 Å². The molecule has 2 aromatic carbocycles. The van der Waals surface area contributed by atoms with Crippen LogP contribution in [0.25, 0.3) is 0 Å². The van der Waals surface area contributed by atoms with E-state index in [1.165, 1.54) is 11.1 Å². The van der Waals surface area contributed by atoms with E-state index in [1.54, 1.807) is 33.4 Å². The maximum absolute atomic E-state index is 2.61. The van der Waals surface area contributed by atoms with Gasteiger partial charge in [0.1, 0.15) is 0 Å². The molecule has 191 valence electrons. The molecule has 0 saturated carbocycles. The maximum Gasteiger partial charge on any atom is -0.0238 e. The molecule has 0 aliphatic heterocycles. The summed E-state index contributed by atoms with van der Waals surface area (Å²) in [6.45, 7) is 23.7. The predicted octanol–water partition coefficient (Wildman–Crippen LogP) is 9.58. The summed E-state index contributed by atoms with van der Waals surface area (Å²) in [5.74, 6) is 1.41. The van der Waals surface area contributed by atoms with Gasteiger partial charge in [0.25, 0.3) is 0 Å². The fourth-order valence-corrected chi connectivity index (χ4v) is 21.3. The third-order valence-corrected chi connectivity index (χ3v) is 22.3. The Morgan fingerprint density at radius 1 is 0.556 bits per heavy atom. The minimum atomic E-state index is -1.32. The van der Waals surface area contributed by atoms with Crippen LogP contribution in [0.3, 0.4) is 0 Å². The Morgan fingerprint density at radius 2 is 0.889 bits per heavy atom. The third kappa shape index (κ3) is 6.24. The number of rotatable bonds is 6. The molecular weight excluding hydrogens is 484 g/mol. The molecule has 0 fully saturated rings. The molecule has 2 aliphatic carbocycles. The largest absolute Gasteiger partial charge is 0.0622 e. The van der Waals surface area contributed by atoms with E-state index in [2.05, 4.69) is 129 Å². The first kappa shape index (κ1) is 28.9. The van der Waals surface area contributed by atoms with Crippen LogP contribution in [-0.4, -0.2) is 6.66 Å². The van der Waals surface area contributed by atoms with Crippen LogP contribution in [0.4, 0.5) is 0 Å². The first-order valence-electron chi connectivity index (χ1n) is 13.8. The topological polar surface area (TPSA) is 0 Å². The van der Waals surface area contributed by atoms with E-state index >= 15 is 0 Å². The van der Waals surface area contributed by atoms with E-state index in [4.69, 9.17) is 0 Å². The Labute approximate surface area is 228 Å². The molecule has 0 saturated heterocycles. The second-order valence-electron chi connectivity index (χ2n) is 11.2. The zero-order valence-electron chi connectivity index (χ0n) is 24.4. The molecule has 0 nitrogen and oxygen atoms in total. The summed E-state index contributed by atoms with van der Waals surface area (Å²) in [6.07, 6.45) is 2.26. The predicted molar refractivity (Wildman–Crippen MR) is 160 cm³/mol. The van der Waals surface area contributed by atoms with Gasteiger partial charge in [-0.3, -0.25) is 0 Å². The van der Waals surface area contributed by atoms with Gasteiger partial charge in [-0.15, -0.1) is 0 Å². The summed E-state index contributed by atoms with van der Waals surface area (Å²) in [5, 5.41) is 0. The van der Waals surface area contributed by atoms with Gasteiger partial charge in [0.2, 0.25) is 0 Å². The van der Waals surface area contributed by atoms with E-state index in [-0.39, 0.29) is 0 Å². The van der Waals surface area contributed by atoms with Crippen LogP contribution in [0.5, 0.6) is 0 Å². The summed E-state index contributed by atoms with van der Waals surface area (Å²) in [7, 11) is 0. The molecule has 0 amide bonds. The van der Waals surface area contributed by atoms with E-state index in [0.29, 0.717) is 11.8 Å². The molecule has 2 atom stereocenters. The molecule has 0 N–H and O–H groups in total. The quantitative estimate of drug-likeness (QED) is 0.326. The summed E-state index contributed by atoms with van der Waals surface area (Å²) in [6, 6.07) is 21.2. The monoisotopic (exact) mass is 531 g/mol. The number of benzene rings is 2. The van der Waals surface area contributed by atoms with Gasteiger partial charge < -0.3 is 0 Å². The fraction of sp³-hybridized carbons (Fsp3) is 0.412. The molecule has 2 aromatic rings. The van der Waals surface area contributed by atoms with E-state index in [0.717, 1.165) is 12.8 Å². The van der Waals surface area contributed by atoms with Gasteiger partial charge in [-0.25, -0.2) is 0 Å². The van der Waals surface area contributed by atoms with Crippen molar-refractivity contribution in [3.8, 4) is 0 Å². The van der Waals surface area contributed by atoms with Crippen molar-refractivity contribution in [1.29, 1.82) is 0 Å². The van der Waals surface area contributed by atoms with Crippen LogP contribution in [0.1, 0.15) is 66.5 Å². The second kappa shape index (κ2) is 12.7. The van der Waals surface area contributed by atoms with Crippen LogP contribution in [0.15, 0.2) is 102 Å². The summed E-state index contributed by atoms with van der Waals surface area (Å²) in [4.78, 5) is 0. The molecule has 2 aliphatic rings. The van der Waals surface area contributed by atoms with Crippen LogP contribution < -0.4 is 0 Å². The zero-order valence-corrected chi connectivity index (χ0v) is 27.1. The third-order valence-electron chi connectivity index (χ3n) is 8.83. The smallest absolute Gasteiger partial charge is 0.0238 e. The van der Waals surface area contributed by atoms with Crippen molar-refractivity contribution in [1.82, 2.24) is 0 Å². The minimum absolute atomic E-state index is 0.657. The molecule has 36 heavy (non-hydrogen) atoms. The number of hydrogen-bond donors (Lipinski definition) is 0. The van der Waals surface area contributed by atoms with Crippen molar-refractivity contribution in [3.05, 3.63) is 113 Å². The molecule has 0 bridgehead atoms. The van der Waals surface area contributed by atoms with Gasteiger partial charge in [-0.05, 0) is 24.0 Å². The molecule has 4 rings (SSSR count). The normalized spacial score (nSPS) is 20.0. The van der Waals surface area contributed by atoms with Crippen molar-refractivity contribution >= 4 is 6.66 Å². The molecule has 2 unspecified atom stereocenters. The Balaban J connectivity index is 0.000000221. The average molecular weight is 532 g/mol. The average Bonchev–Trinajstić information content (AvgIpc) is 3.19. The number of hydrogen-bond acceptors (Lipinski definition) is 0. The van der Waals surface area contributed by atoms with Crippen LogP contribution in [0.2, 0.25) is 13.1 Å². The van der Waals surface area contributed by atoms with Gasteiger partial charge in [-0.2, -0.15) is 0 Å². The Hall–Kier alpha value is -1.67. The van der Waals surface area contributed by atoms with Gasteiger partial charge in [-0.1, -0.05) is 60.7 Å². The maximum atomic E-state index is 2.61. The van der Waals surface area contributed by atoms with Gasteiger partial charge in [0.05, 0.1) is 0 Å². The van der Waals surface area contributed by atoms with Crippen LogP contribution >= 0.6 is 0 Å². The summed E-state index contributed by atoms with van der Waals surface area (Å²) < 4.78 is 3.83. The molecular formula is C34H47SiTi.